The Balaban J connectivity index is 1.72. The van der Waals surface area contributed by atoms with Crippen molar-refractivity contribution in [2.75, 3.05) is 5.32 Å². The van der Waals surface area contributed by atoms with Crippen LogP contribution >= 0.6 is 11.8 Å². The predicted molar refractivity (Wildman–Crippen MR) is 104 cm³/mol. The molecule has 5 nitrogen and oxygen atoms in total. The second-order valence-electron chi connectivity index (χ2n) is 5.80. The highest BCUT2D eigenvalue weighted by Crippen LogP contribution is 2.27. The first-order valence-electron chi connectivity index (χ1n) is 8.22. The van der Waals surface area contributed by atoms with Gasteiger partial charge in [-0.2, -0.15) is 0 Å². The Labute approximate surface area is 156 Å². The number of imidazole rings is 1. The van der Waals surface area contributed by atoms with Gasteiger partial charge in [-0.15, -0.1) is 0 Å². The van der Waals surface area contributed by atoms with Crippen LogP contribution in [0.25, 0.3) is 5.69 Å². The van der Waals surface area contributed by atoms with Crippen molar-refractivity contribution in [2.24, 2.45) is 0 Å². The van der Waals surface area contributed by atoms with Crippen LogP contribution in [0.1, 0.15) is 24.2 Å². The number of Topliss-reactive ketones (excluding diaryl/α,β-unsaturated/α-hetero) is 1. The monoisotopic (exact) mass is 365 g/mol. The molecule has 0 radical (unpaired) electrons. The fraction of sp³-hybridized carbons (Fsp3) is 0.150. The normalized spacial score (nSPS) is 11.8. The molecule has 3 aromatic rings. The van der Waals surface area contributed by atoms with E-state index in [1.165, 1.54) is 18.7 Å². The molecule has 0 saturated heterocycles. The number of ketones is 1. The van der Waals surface area contributed by atoms with Gasteiger partial charge in [0.15, 0.2) is 10.9 Å². The summed E-state index contributed by atoms with van der Waals surface area (Å²) in [6.07, 6.45) is 3.62. The van der Waals surface area contributed by atoms with E-state index in [0.29, 0.717) is 11.3 Å². The van der Waals surface area contributed by atoms with E-state index in [1.807, 2.05) is 48.0 Å². The van der Waals surface area contributed by atoms with Gasteiger partial charge in [0.1, 0.15) is 0 Å². The van der Waals surface area contributed by atoms with E-state index < -0.39 is 0 Å². The number of rotatable bonds is 6. The average molecular weight is 365 g/mol. The van der Waals surface area contributed by atoms with Gasteiger partial charge in [-0.05, 0) is 43.3 Å². The molecule has 1 atom stereocenters. The van der Waals surface area contributed by atoms with Gasteiger partial charge in [0, 0.05) is 36.3 Å². The van der Waals surface area contributed by atoms with Crippen LogP contribution in [0.2, 0.25) is 0 Å². The van der Waals surface area contributed by atoms with Crippen LogP contribution in [0.5, 0.6) is 0 Å². The molecule has 1 heterocycles. The number of benzene rings is 2. The number of thioether (sulfide) groups is 1. The molecule has 2 aromatic carbocycles. The van der Waals surface area contributed by atoms with Crippen molar-refractivity contribution >= 4 is 29.1 Å². The number of amides is 1. The maximum atomic E-state index is 12.7. The van der Waals surface area contributed by atoms with Crippen molar-refractivity contribution in [3.8, 4) is 5.69 Å². The fourth-order valence-electron chi connectivity index (χ4n) is 2.53. The number of hydrogen-bond acceptors (Lipinski definition) is 4. The third-order valence-corrected chi connectivity index (χ3v) is 4.86. The summed E-state index contributed by atoms with van der Waals surface area (Å²) >= 11 is 1.42. The van der Waals surface area contributed by atoms with Crippen molar-refractivity contribution < 1.29 is 9.59 Å². The van der Waals surface area contributed by atoms with Gasteiger partial charge in [0.05, 0.1) is 5.25 Å². The molecule has 3 rings (SSSR count). The van der Waals surface area contributed by atoms with Crippen LogP contribution < -0.4 is 5.32 Å². The highest BCUT2D eigenvalue weighted by molar-refractivity contribution is 8.00. The highest BCUT2D eigenvalue weighted by Gasteiger charge is 2.19. The number of nitrogens with one attached hydrogen (secondary N) is 1. The van der Waals surface area contributed by atoms with Crippen molar-refractivity contribution in [1.29, 1.82) is 0 Å². The van der Waals surface area contributed by atoms with Crippen molar-refractivity contribution in [2.45, 2.75) is 24.3 Å². The van der Waals surface area contributed by atoms with Crippen LogP contribution in [-0.4, -0.2) is 26.5 Å². The third kappa shape index (κ3) is 4.21. The maximum Gasteiger partial charge on any atom is 0.221 e. The molecule has 0 unspecified atom stereocenters. The van der Waals surface area contributed by atoms with E-state index >= 15 is 0 Å². The Morgan fingerprint density at radius 2 is 1.77 bits per heavy atom. The second kappa shape index (κ2) is 8.01. The quantitative estimate of drug-likeness (QED) is 0.525. The van der Waals surface area contributed by atoms with Gasteiger partial charge in [-0.25, -0.2) is 4.98 Å². The lowest BCUT2D eigenvalue weighted by molar-refractivity contribution is -0.114. The molecule has 0 aliphatic heterocycles. The Morgan fingerprint density at radius 3 is 2.42 bits per heavy atom. The molecule has 132 valence electrons. The molecule has 1 aromatic heterocycles. The smallest absolute Gasteiger partial charge is 0.221 e. The lowest BCUT2D eigenvalue weighted by atomic mass is 10.1. The van der Waals surface area contributed by atoms with Crippen LogP contribution in [0.4, 0.5) is 5.69 Å². The van der Waals surface area contributed by atoms with E-state index in [0.717, 1.165) is 10.8 Å². The van der Waals surface area contributed by atoms with Gasteiger partial charge in [-0.3, -0.25) is 14.2 Å². The number of nitrogens with zero attached hydrogens (tertiary/aromatic N) is 2. The molecule has 0 aliphatic rings. The number of carbonyl (C=O) groups excluding carboxylic acids is 2. The minimum Gasteiger partial charge on any atom is -0.326 e. The minimum atomic E-state index is -0.286. The minimum absolute atomic E-state index is 0.0204. The van der Waals surface area contributed by atoms with Crippen LogP contribution in [0.15, 0.2) is 72.1 Å². The molecule has 1 N–H and O–H groups in total. The first-order chi connectivity index (χ1) is 12.5. The van der Waals surface area contributed by atoms with Crippen molar-refractivity contribution in [3.05, 3.63) is 72.6 Å². The first kappa shape index (κ1) is 17.9. The Hall–Kier alpha value is -2.86. The number of para-hydroxylation sites is 1. The standard InChI is InChI=1S/C20H19N3O2S/c1-14(19(25)16-8-10-17(11-9-16)22-15(2)24)26-20-21-12-13-23(20)18-6-4-3-5-7-18/h3-14H,1-2H3,(H,22,24)/t14-/m0/s1. The number of hydrogen-bond donors (Lipinski definition) is 1. The van der Waals surface area contributed by atoms with E-state index in [-0.39, 0.29) is 16.9 Å². The number of anilines is 1. The van der Waals surface area contributed by atoms with E-state index in [1.54, 1.807) is 30.5 Å². The van der Waals surface area contributed by atoms with E-state index in [4.69, 9.17) is 0 Å². The fourth-order valence-corrected chi connectivity index (χ4v) is 3.49. The lowest BCUT2D eigenvalue weighted by Gasteiger charge is -2.12. The van der Waals surface area contributed by atoms with Gasteiger partial charge >= 0.3 is 0 Å². The summed E-state index contributed by atoms with van der Waals surface area (Å²) < 4.78 is 1.97. The molecular formula is C20H19N3O2S. The van der Waals surface area contributed by atoms with Crippen molar-refractivity contribution in [1.82, 2.24) is 9.55 Å². The zero-order valence-electron chi connectivity index (χ0n) is 14.5. The van der Waals surface area contributed by atoms with Gasteiger partial charge in [-0.1, -0.05) is 30.0 Å². The number of aromatic nitrogens is 2. The molecule has 1 amide bonds. The summed E-state index contributed by atoms with van der Waals surface area (Å²) in [7, 11) is 0. The van der Waals surface area contributed by atoms with Gasteiger partial charge in [0.2, 0.25) is 5.91 Å². The van der Waals surface area contributed by atoms with Crippen LogP contribution in [-0.2, 0) is 4.79 Å². The molecule has 0 spiro atoms. The first-order valence-corrected chi connectivity index (χ1v) is 9.10. The SMILES string of the molecule is CC(=O)Nc1ccc(C(=O)[C@H](C)Sc2nccn2-c2ccccc2)cc1. The Bertz CT molecular complexity index is 904. The molecule has 0 fully saturated rings. The zero-order valence-corrected chi connectivity index (χ0v) is 15.4. The summed E-state index contributed by atoms with van der Waals surface area (Å²) in [5, 5.41) is 3.18. The molecule has 0 saturated carbocycles. The topological polar surface area (TPSA) is 64.0 Å². The van der Waals surface area contributed by atoms with Crippen LogP contribution in [0.3, 0.4) is 0 Å². The Kier molecular flexibility index (Phi) is 5.53. The molecule has 6 heteroatoms. The highest BCUT2D eigenvalue weighted by atomic mass is 32.2. The zero-order chi connectivity index (χ0) is 18.5. The van der Waals surface area contributed by atoms with Gasteiger partial charge < -0.3 is 5.32 Å². The molecule has 0 aliphatic carbocycles. The molecule has 0 bridgehead atoms. The summed E-state index contributed by atoms with van der Waals surface area (Å²) in [5.41, 5.74) is 2.29. The lowest BCUT2D eigenvalue weighted by Crippen LogP contribution is -2.14. The predicted octanol–water partition coefficient (Wildman–Crippen LogP) is 4.19. The summed E-state index contributed by atoms with van der Waals surface area (Å²) in [4.78, 5) is 28.2. The number of carbonyl (C=O) groups is 2. The summed E-state index contributed by atoms with van der Waals surface area (Å²) in [5.74, 6) is -0.118. The van der Waals surface area contributed by atoms with Gasteiger partial charge in [0.25, 0.3) is 0 Å². The molecule has 26 heavy (non-hydrogen) atoms. The largest absolute Gasteiger partial charge is 0.326 e. The Morgan fingerprint density at radius 1 is 1.08 bits per heavy atom. The van der Waals surface area contributed by atoms with Crippen LogP contribution in [0, 0.1) is 0 Å². The van der Waals surface area contributed by atoms with Crippen molar-refractivity contribution in [3.63, 3.8) is 0 Å². The third-order valence-electron chi connectivity index (χ3n) is 3.78. The maximum absolute atomic E-state index is 12.7. The molecular weight excluding hydrogens is 346 g/mol. The summed E-state index contributed by atoms with van der Waals surface area (Å²) in [6.45, 7) is 3.32. The van der Waals surface area contributed by atoms with E-state index in [2.05, 4.69) is 10.3 Å². The average Bonchev–Trinajstić information content (AvgIpc) is 3.10. The summed E-state index contributed by atoms with van der Waals surface area (Å²) in [6, 6.07) is 16.8. The van der Waals surface area contributed by atoms with E-state index in [9.17, 15) is 9.59 Å². The second-order valence-corrected chi connectivity index (χ2v) is 7.11.